The summed E-state index contributed by atoms with van der Waals surface area (Å²) < 4.78 is 6.55. The Balaban J connectivity index is 2.94. The summed E-state index contributed by atoms with van der Waals surface area (Å²) >= 11 is 3.20. The molecule has 0 aliphatic rings. The fourth-order valence-corrected chi connectivity index (χ4v) is 0.440. The fourth-order valence-electron chi connectivity index (χ4n) is 0.0846. The number of hydrogen-bond donors (Lipinski definition) is 0. The molecule has 6 heavy (non-hydrogen) atoms. The quantitative estimate of drug-likeness (QED) is 0.424. The van der Waals surface area contributed by atoms with E-state index < -0.39 is 0 Å². The van der Waals surface area contributed by atoms with E-state index >= 15 is 0 Å². The van der Waals surface area contributed by atoms with Crippen molar-refractivity contribution in [1.29, 1.82) is 0 Å². The van der Waals surface area contributed by atoms with Crippen LogP contribution in [0, 0.1) is 0 Å². The summed E-state index contributed by atoms with van der Waals surface area (Å²) in [5.41, 5.74) is 0. The van der Waals surface area contributed by atoms with Crippen LogP contribution in [-0.4, -0.2) is 39.9 Å². The molecule has 0 saturated heterocycles. The van der Waals surface area contributed by atoms with Crippen LogP contribution in [-0.2, 0) is 3.73 Å². The first kappa shape index (κ1) is 6.60. The number of hydrogen-bond acceptors (Lipinski definition) is 1. The van der Waals surface area contributed by atoms with Gasteiger partial charge in [0.2, 0.25) is 0 Å². The first-order valence-electron chi connectivity index (χ1n) is 1.44. The summed E-state index contributed by atoms with van der Waals surface area (Å²) in [7, 11) is 0. The summed E-state index contributed by atoms with van der Waals surface area (Å²) in [5, 5.41) is 0. The minimum atomic E-state index is 1.57. The van der Waals surface area contributed by atoms with Crippen molar-refractivity contribution < 1.29 is 3.73 Å². The molecule has 0 N–H and O–H groups in total. The molecule has 0 spiro atoms. The second-order valence-electron chi connectivity index (χ2n) is 0.639. The SMILES string of the molecule is [Ga]=[CH]C=CO[AsH]. The topological polar surface area (TPSA) is 9.23 Å². The van der Waals surface area contributed by atoms with Crippen LogP contribution in [0.3, 0.4) is 0 Å². The van der Waals surface area contributed by atoms with Gasteiger partial charge in [0.05, 0.1) is 0 Å². The summed E-state index contributed by atoms with van der Waals surface area (Å²) in [6.45, 7) is 0. The van der Waals surface area contributed by atoms with Crippen LogP contribution in [0.1, 0.15) is 0 Å². The third-order valence-electron chi connectivity index (χ3n) is 0.258. The molecular formula is C3H4AsGaO. The Morgan fingerprint density at radius 2 is 2.33 bits per heavy atom. The molecule has 0 aromatic heterocycles. The molecule has 1 nitrogen and oxygen atoms in total. The van der Waals surface area contributed by atoms with E-state index in [0.29, 0.717) is 0 Å². The maximum atomic E-state index is 4.58. The van der Waals surface area contributed by atoms with Gasteiger partial charge in [-0.3, -0.25) is 0 Å². The minimum absolute atomic E-state index is 1.57. The number of rotatable bonds is 2. The zero-order valence-electron chi connectivity index (χ0n) is 3.22. The van der Waals surface area contributed by atoms with Gasteiger partial charge in [0.25, 0.3) is 0 Å². The third-order valence-corrected chi connectivity index (χ3v) is 1.01. The van der Waals surface area contributed by atoms with Crippen molar-refractivity contribution in [3.05, 3.63) is 12.3 Å². The van der Waals surface area contributed by atoms with Crippen molar-refractivity contribution in [2.75, 3.05) is 0 Å². The standard InChI is InChI=1S/C3H4AsO.Ga/c1-2-3-5-4;/h1-4H;. The Morgan fingerprint density at radius 3 is 2.50 bits per heavy atom. The number of allylic oxidation sites excluding steroid dienone is 1. The van der Waals surface area contributed by atoms with Crippen molar-refractivity contribution in [2.24, 2.45) is 0 Å². The Kier molecular flexibility index (Phi) is 6.17. The molecule has 0 atom stereocenters. The van der Waals surface area contributed by atoms with Crippen LogP contribution < -0.4 is 0 Å². The van der Waals surface area contributed by atoms with Crippen molar-refractivity contribution in [1.82, 2.24) is 0 Å². The molecule has 0 aromatic rings. The third kappa shape index (κ3) is 4.60. The second-order valence-corrected chi connectivity index (χ2v) is 1.94. The molecule has 3 heteroatoms. The Morgan fingerprint density at radius 1 is 1.67 bits per heavy atom. The zero-order chi connectivity index (χ0) is 4.83. The van der Waals surface area contributed by atoms with E-state index in [0.717, 1.165) is 0 Å². The molecule has 0 heterocycles. The normalized spacial score (nSPS) is 8.67. The first-order chi connectivity index (χ1) is 2.91. The molecular weight excluding hydrogens is 197 g/mol. The molecule has 0 bridgehead atoms. The van der Waals surface area contributed by atoms with E-state index in [1.807, 2.05) is 10.6 Å². The zero-order valence-corrected chi connectivity index (χ0v) is 7.74. The summed E-state index contributed by atoms with van der Waals surface area (Å²) in [5.74, 6) is 0. The van der Waals surface area contributed by atoms with Crippen LogP contribution in [0.4, 0.5) is 0 Å². The van der Waals surface area contributed by atoms with E-state index in [2.05, 4.69) is 3.73 Å². The molecule has 0 saturated carbocycles. The van der Waals surface area contributed by atoms with Gasteiger partial charge in [0.1, 0.15) is 0 Å². The van der Waals surface area contributed by atoms with Gasteiger partial charge >= 0.3 is 56.0 Å². The summed E-state index contributed by atoms with van der Waals surface area (Å²) in [6, 6.07) is 0. The van der Waals surface area contributed by atoms with Crippen molar-refractivity contribution in [3.63, 3.8) is 0 Å². The van der Waals surface area contributed by atoms with Gasteiger partial charge in [-0.25, -0.2) is 0 Å². The maximum absolute atomic E-state index is 4.58. The molecule has 0 aliphatic carbocycles. The molecule has 0 fully saturated rings. The predicted molar refractivity (Wildman–Crippen MR) is 29.2 cm³/mol. The van der Waals surface area contributed by atoms with Gasteiger partial charge in [-0.2, -0.15) is 0 Å². The summed E-state index contributed by atoms with van der Waals surface area (Å²) in [6.07, 6.45) is 3.50. The summed E-state index contributed by atoms with van der Waals surface area (Å²) in [4.78, 5) is 0. The predicted octanol–water partition coefficient (Wildman–Crippen LogP) is -0.697. The van der Waals surface area contributed by atoms with Crippen LogP contribution in [0.15, 0.2) is 12.3 Å². The second kappa shape index (κ2) is 5.60. The van der Waals surface area contributed by atoms with Gasteiger partial charge in [0.15, 0.2) is 0 Å². The van der Waals surface area contributed by atoms with Crippen LogP contribution in [0.5, 0.6) is 0 Å². The first-order valence-corrected chi connectivity index (χ1v) is 3.70. The monoisotopic (exact) mass is 200 g/mol. The van der Waals surface area contributed by atoms with Crippen LogP contribution in [0.2, 0.25) is 0 Å². The Bertz CT molecular complexity index is 61.8. The van der Waals surface area contributed by atoms with Gasteiger partial charge in [-0.1, -0.05) is 0 Å². The molecule has 2 radical (unpaired) electrons. The Hall–Kier alpha value is 0.605. The van der Waals surface area contributed by atoms with E-state index in [9.17, 15) is 0 Å². The molecule has 0 aliphatic heterocycles. The molecule has 0 amide bonds. The van der Waals surface area contributed by atoms with Gasteiger partial charge < -0.3 is 0 Å². The van der Waals surface area contributed by atoms with Crippen molar-refractivity contribution in [2.45, 2.75) is 0 Å². The molecule has 30 valence electrons. The average Bonchev–Trinajstić information content (AvgIpc) is 1.61. The van der Waals surface area contributed by atoms with E-state index in [1.165, 1.54) is 0 Å². The average molecular weight is 201 g/mol. The van der Waals surface area contributed by atoms with Gasteiger partial charge in [-0.05, 0) is 0 Å². The van der Waals surface area contributed by atoms with Crippen molar-refractivity contribution in [3.8, 4) is 0 Å². The van der Waals surface area contributed by atoms with Crippen LogP contribution in [0.25, 0.3) is 0 Å². The van der Waals surface area contributed by atoms with Gasteiger partial charge in [-0.15, -0.1) is 0 Å². The van der Waals surface area contributed by atoms with E-state index in [-0.39, 0.29) is 0 Å². The molecule has 0 rings (SSSR count). The molecule has 0 unspecified atom stereocenters. The van der Waals surface area contributed by atoms with E-state index in [4.69, 9.17) is 0 Å². The Labute approximate surface area is 56.1 Å². The van der Waals surface area contributed by atoms with Crippen LogP contribution >= 0.6 is 0 Å². The fraction of sp³-hybridized carbons (Fsp3) is 0. The van der Waals surface area contributed by atoms with Gasteiger partial charge in [0, 0.05) is 0 Å². The van der Waals surface area contributed by atoms with Crippen molar-refractivity contribution >= 4 is 39.9 Å². The van der Waals surface area contributed by atoms with E-state index in [1.54, 1.807) is 41.6 Å². The molecule has 0 aromatic carbocycles.